The van der Waals surface area contributed by atoms with E-state index in [1.807, 2.05) is 29.2 Å². The molecule has 0 spiro atoms. The molecule has 4 aromatic heterocycles. The minimum atomic E-state index is -0.419. The number of aryl methyl sites for hydroxylation is 2. The van der Waals surface area contributed by atoms with Gasteiger partial charge >= 0.3 is 5.69 Å². The van der Waals surface area contributed by atoms with Crippen molar-refractivity contribution >= 4 is 22.9 Å². The Morgan fingerprint density at radius 3 is 2.73 bits per heavy atom. The number of fused-ring (bicyclic) bond motifs is 1. The predicted molar refractivity (Wildman–Crippen MR) is 113 cm³/mol. The lowest BCUT2D eigenvalue weighted by Gasteiger charge is -2.06. The second kappa shape index (κ2) is 8.34. The molecule has 4 aromatic rings. The number of hydrogen-bond acceptors (Lipinski definition) is 7. The van der Waals surface area contributed by atoms with Crippen LogP contribution in [0.3, 0.4) is 0 Å². The number of hydrogen-bond donors (Lipinski definition) is 1. The Bertz CT molecular complexity index is 1280. The number of nitrogens with zero attached hydrogens (tertiary/aromatic N) is 6. The van der Waals surface area contributed by atoms with Crippen molar-refractivity contribution in [2.75, 3.05) is 0 Å². The molecule has 0 atom stereocenters. The molecule has 0 saturated carbocycles. The summed E-state index contributed by atoms with van der Waals surface area (Å²) in [5.41, 5.74) is 0.0337. The van der Waals surface area contributed by atoms with Crippen molar-refractivity contribution in [3.05, 3.63) is 45.1 Å². The molecule has 4 heterocycles. The molecule has 0 aliphatic carbocycles. The van der Waals surface area contributed by atoms with E-state index in [1.165, 1.54) is 11.8 Å². The number of H-pyrrole nitrogens is 1. The van der Waals surface area contributed by atoms with Crippen molar-refractivity contribution in [2.45, 2.75) is 50.7 Å². The zero-order valence-electron chi connectivity index (χ0n) is 17.1. The zero-order chi connectivity index (χ0) is 21.3. The van der Waals surface area contributed by atoms with Gasteiger partial charge in [-0.05, 0) is 25.5 Å². The summed E-state index contributed by atoms with van der Waals surface area (Å²) in [6.07, 6.45) is 3.36. The summed E-state index contributed by atoms with van der Waals surface area (Å²) in [4.78, 5) is 31.9. The molecule has 0 unspecified atom stereocenters. The molecule has 10 nitrogen and oxygen atoms in total. The van der Waals surface area contributed by atoms with E-state index < -0.39 is 11.2 Å². The van der Waals surface area contributed by atoms with Crippen LogP contribution in [-0.4, -0.2) is 33.9 Å². The molecule has 0 fully saturated rings. The first-order valence-corrected chi connectivity index (χ1v) is 10.8. The Hall–Kier alpha value is -3.08. The molecule has 158 valence electrons. The normalized spacial score (nSPS) is 11.6. The fourth-order valence-electron chi connectivity index (χ4n) is 3.38. The van der Waals surface area contributed by atoms with Crippen molar-refractivity contribution in [3.8, 4) is 11.6 Å². The van der Waals surface area contributed by atoms with E-state index in [0.29, 0.717) is 52.6 Å². The smallest absolute Gasteiger partial charge is 0.330 e. The number of nitrogens with one attached hydrogen (secondary N) is 1. The van der Waals surface area contributed by atoms with Gasteiger partial charge in [0.05, 0.1) is 12.0 Å². The SMILES string of the molecule is CCCCn1c(=O)[nH]c(=O)c2c1nc(CSc1nnc(-c3ccco3)n1C)n2CC. The maximum atomic E-state index is 12.5. The van der Waals surface area contributed by atoms with Gasteiger partial charge in [-0.1, -0.05) is 25.1 Å². The van der Waals surface area contributed by atoms with Gasteiger partial charge in [-0.25, -0.2) is 9.78 Å². The predicted octanol–water partition coefficient (Wildman–Crippen LogP) is 2.39. The molecule has 0 saturated heterocycles. The van der Waals surface area contributed by atoms with Crippen molar-refractivity contribution in [1.82, 2.24) is 33.9 Å². The first-order valence-electron chi connectivity index (χ1n) is 9.83. The molecule has 0 aliphatic heterocycles. The monoisotopic (exact) mass is 429 g/mol. The maximum absolute atomic E-state index is 12.5. The van der Waals surface area contributed by atoms with Crippen LogP contribution in [-0.2, 0) is 25.9 Å². The molecule has 0 aliphatic rings. The van der Waals surface area contributed by atoms with E-state index in [-0.39, 0.29) is 0 Å². The highest BCUT2D eigenvalue weighted by atomic mass is 32.2. The second-order valence-corrected chi connectivity index (χ2v) is 7.78. The van der Waals surface area contributed by atoms with Crippen molar-refractivity contribution < 1.29 is 4.42 Å². The third kappa shape index (κ3) is 3.49. The number of unbranched alkanes of at least 4 members (excludes halogenated alkanes) is 1. The van der Waals surface area contributed by atoms with Gasteiger partial charge < -0.3 is 13.6 Å². The van der Waals surface area contributed by atoms with E-state index in [1.54, 1.807) is 16.9 Å². The number of thioether (sulfide) groups is 1. The van der Waals surface area contributed by atoms with Crippen LogP contribution >= 0.6 is 11.8 Å². The number of aromatic nitrogens is 7. The largest absolute Gasteiger partial charge is 0.461 e. The molecule has 30 heavy (non-hydrogen) atoms. The van der Waals surface area contributed by atoms with Gasteiger partial charge in [0, 0.05) is 20.1 Å². The summed E-state index contributed by atoms with van der Waals surface area (Å²) in [6.45, 7) is 5.09. The molecular formula is C19H23N7O3S. The van der Waals surface area contributed by atoms with E-state index in [2.05, 4.69) is 27.1 Å². The number of aromatic amines is 1. The number of furan rings is 1. The summed E-state index contributed by atoms with van der Waals surface area (Å²) in [5.74, 6) is 2.47. The Labute approximate surface area is 176 Å². The van der Waals surface area contributed by atoms with Crippen LogP contribution in [0.1, 0.15) is 32.5 Å². The van der Waals surface area contributed by atoms with Crippen LogP contribution in [0.25, 0.3) is 22.7 Å². The highest BCUT2D eigenvalue weighted by molar-refractivity contribution is 7.98. The lowest BCUT2D eigenvalue weighted by Crippen LogP contribution is -2.31. The standard InChI is InChI=1S/C19H23N7O3S/c1-4-6-9-26-16-14(17(27)21-18(26)28)25(5-2)13(20-16)11-30-19-23-22-15(24(19)3)12-8-7-10-29-12/h7-8,10H,4-6,9,11H2,1-3H3,(H,21,27,28). The van der Waals surface area contributed by atoms with Crippen LogP contribution in [0.4, 0.5) is 0 Å². The van der Waals surface area contributed by atoms with Crippen LogP contribution in [0.2, 0.25) is 0 Å². The quantitative estimate of drug-likeness (QED) is 0.427. The van der Waals surface area contributed by atoms with Gasteiger partial charge in [-0.15, -0.1) is 10.2 Å². The zero-order valence-corrected chi connectivity index (χ0v) is 17.9. The van der Waals surface area contributed by atoms with Crippen LogP contribution < -0.4 is 11.2 Å². The van der Waals surface area contributed by atoms with E-state index in [0.717, 1.165) is 12.8 Å². The van der Waals surface area contributed by atoms with Gasteiger partial charge in [0.25, 0.3) is 5.56 Å². The first-order chi connectivity index (χ1) is 14.5. The lowest BCUT2D eigenvalue weighted by molar-refractivity contribution is 0.572. The topological polar surface area (TPSA) is 117 Å². The minimum absolute atomic E-state index is 0.410. The summed E-state index contributed by atoms with van der Waals surface area (Å²) in [6, 6.07) is 3.63. The molecule has 4 rings (SSSR count). The fraction of sp³-hybridized carbons (Fsp3) is 0.421. The van der Waals surface area contributed by atoms with Crippen LogP contribution in [0.5, 0.6) is 0 Å². The first kappa shape index (κ1) is 20.2. The maximum Gasteiger partial charge on any atom is 0.330 e. The fourth-order valence-corrected chi connectivity index (χ4v) is 4.24. The van der Waals surface area contributed by atoms with Crippen molar-refractivity contribution in [3.63, 3.8) is 0 Å². The van der Waals surface area contributed by atoms with Crippen LogP contribution in [0.15, 0.2) is 37.6 Å². The third-order valence-electron chi connectivity index (χ3n) is 4.92. The third-order valence-corrected chi connectivity index (χ3v) is 5.94. The number of rotatable bonds is 8. The van der Waals surface area contributed by atoms with E-state index in [9.17, 15) is 9.59 Å². The molecule has 0 radical (unpaired) electrons. The average Bonchev–Trinajstić information content (AvgIpc) is 3.45. The van der Waals surface area contributed by atoms with Gasteiger partial charge in [0.2, 0.25) is 0 Å². The van der Waals surface area contributed by atoms with Crippen LogP contribution in [0, 0.1) is 0 Å². The number of imidazole rings is 1. The van der Waals surface area contributed by atoms with Gasteiger partial charge in [-0.2, -0.15) is 0 Å². The second-order valence-electron chi connectivity index (χ2n) is 6.84. The molecule has 1 N–H and O–H groups in total. The average molecular weight is 430 g/mol. The molecule has 0 amide bonds. The molecule has 0 aromatic carbocycles. The summed E-state index contributed by atoms with van der Waals surface area (Å²) in [5, 5.41) is 9.14. The Balaban J connectivity index is 1.69. The molecule has 0 bridgehead atoms. The van der Waals surface area contributed by atoms with Gasteiger partial charge in [0.15, 0.2) is 27.9 Å². The van der Waals surface area contributed by atoms with Crippen molar-refractivity contribution in [1.29, 1.82) is 0 Å². The highest BCUT2D eigenvalue weighted by Gasteiger charge is 2.19. The summed E-state index contributed by atoms with van der Waals surface area (Å²) in [7, 11) is 1.87. The summed E-state index contributed by atoms with van der Waals surface area (Å²) >= 11 is 1.46. The van der Waals surface area contributed by atoms with Gasteiger partial charge in [-0.3, -0.25) is 14.3 Å². The Morgan fingerprint density at radius 2 is 2.03 bits per heavy atom. The Morgan fingerprint density at radius 1 is 1.20 bits per heavy atom. The minimum Gasteiger partial charge on any atom is -0.461 e. The van der Waals surface area contributed by atoms with Crippen molar-refractivity contribution in [2.24, 2.45) is 7.05 Å². The molecular weight excluding hydrogens is 406 g/mol. The van der Waals surface area contributed by atoms with E-state index >= 15 is 0 Å². The highest BCUT2D eigenvalue weighted by Crippen LogP contribution is 2.26. The lowest BCUT2D eigenvalue weighted by atomic mass is 10.3. The summed E-state index contributed by atoms with van der Waals surface area (Å²) < 4.78 is 10.7. The van der Waals surface area contributed by atoms with E-state index in [4.69, 9.17) is 4.42 Å². The molecule has 11 heteroatoms. The van der Waals surface area contributed by atoms with Gasteiger partial charge in [0.1, 0.15) is 5.82 Å². The Kier molecular flexibility index (Phi) is 5.62.